The summed E-state index contributed by atoms with van der Waals surface area (Å²) in [6, 6.07) is 6.97. The van der Waals surface area contributed by atoms with Gasteiger partial charge in [0.05, 0.1) is 11.3 Å². The standard InChI is InChI=1S/C20H25N3O4/c1-3-4-7-10-23-18(24)15-9-6-5-8-14(15)17(21-23)19(25)22-11-13(2)16(12-22)20(26)27/h5-6,8-9,13,16H,3-4,7,10-12H2,1-2H3,(H,26,27)/t13-,16-/m1/s1. The van der Waals surface area contributed by atoms with E-state index in [1.807, 2.05) is 6.92 Å². The Kier molecular flexibility index (Phi) is 5.58. The number of amides is 1. The number of likely N-dealkylation sites (tertiary alicyclic amines) is 1. The van der Waals surface area contributed by atoms with Crippen LogP contribution in [-0.4, -0.2) is 44.8 Å². The number of fused-ring (bicyclic) bond motifs is 1. The van der Waals surface area contributed by atoms with E-state index in [1.54, 1.807) is 29.2 Å². The van der Waals surface area contributed by atoms with Crippen LogP contribution in [0.1, 0.15) is 43.6 Å². The van der Waals surface area contributed by atoms with Crippen LogP contribution in [0, 0.1) is 11.8 Å². The van der Waals surface area contributed by atoms with Crippen LogP contribution >= 0.6 is 0 Å². The molecule has 1 aromatic heterocycles. The molecule has 1 N–H and O–H groups in total. The summed E-state index contributed by atoms with van der Waals surface area (Å²) in [5.74, 6) is -1.89. The minimum atomic E-state index is -0.889. The van der Waals surface area contributed by atoms with Crippen molar-refractivity contribution in [1.82, 2.24) is 14.7 Å². The van der Waals surface area contributed by atoms with Crippen molar-refractivity contribution in [1.29, 1.82) is 0 Å². The average Bonchev–Trinajstić information content (AvgIpc) is 3.05. The Morgan fingerprint density at radius 2 is 1.89 bits per heavy atom. The molecular weight excluding hydrogens is 346 g/mol. The highest BCUT2D eigenvalue weighted by molar-refractivity contribution is 6.05. The maximum atomic E-state index is 13.1. The van der Waals surface area contributed by atoms with Gasteiger partial charge in [0.25, 0.3) is 11.5 Å². The quantitative estimate of drug-likeness (QED) is 0.787. The third-order valence-corrected chi connectivity index (χ3v) is 5.26. The summed E-state index contributed by atoms with van der Waals surface area (Å²) in [5, 5.41) is 14.7. The van der Waals surface area contributed by atoms with E-state index >= 15 is 0 Å². The fraction of sp³-hybridized carbons (Fsp3) is 0.500. The molecule has 1 saturated heterocycles. The molecule has 0 aliphatic carbocycles. The van der Waals surface area contributed by atoms with Gasteiger partial charge < -0.3 is 10.0 Å². The van der Waals surface area contributed by atoms with E-state index in [4.69, 9.17) is 0 Å². The fourth-order valence-corrected chi connectivity index (χ4v) is 3.66. The minimum absolute atomic E-state index is 0.117. The number of rotatable bonds is 6. The Hall–Kier alpha value is -2.70. The summed E-state index contributed by atoms with van der Waals surface area (Å²) in [7, 11) is 0. The molecule has 7 heteroatoms. The van der Waals surface area contributed by atoms with Crippen LogP contribution in [0.3, 0.4) is 0 Å². The van der Waals surface area contributed by atoms with Gasteiger partial charge in [-0.25, -0.2) is 4.68 Å². The second-order valence-electron chi connectivity index (χ2n) is 7.26. The molecule has 1 aliphatic heterocycles. The van der Waals surface area contributed by atoms with Gasteiger partial charge in [0, 0.05) is 25.0 Å². The van der Waals surface area contributed by atoms with Crippen LogP contribution in [0.2, 0.25) is 0 Å². The number of hydrogen-bond donors (Lipinski definition) is 1. The Morgan fingerprint density at radius 1 is 1.19 bits per heavy atom. The zero-order valence-corrected chi connectivity index (χ0v) is 15.7. The van der Waals surface area contributed by atoms with Crippen molar-refractivity contribution in [3.05, 3.63) is 40.3 Å². The number of benzene rings is 1. The van der Waals surface area contributed by atoms with Crippen LogP contribution in [-0.2, 0) is 11.3 Å². The van der Waals surface area contributed by atoms with Crippen molar-refractivity contribution >= 4 is 22.6 Å². The normalized spacial score (nSPS) is 19.6. The van der Waals surface area contributed by atoms with Gasteiger partial charge in [0.15, 0.2) is 5.69 Å². The molecule has 7 nitrogen and oxygen atoms in total. The molecule has 1 fully saturated rings. The Labute approximate surface area is 157 Å². The summed E-state index contributed by atoms with van der Waals surface area (Å²) in [6.45, 7) is 4.93. The number of aromatic nitrogens is 2. The third-order valence-electron chi connectivity index (χ3n) is 5.26. The van der Waals surface area contributed by atoms with Gasteiger partial charge in [0.2, 0.25) is 0 Å². The molecule has 0 radical (unpaired) electrons. The summed E-state index contributed by atoms with van der Waals surface area (Å²) >= 11 is 0. The predicted molar refractivity (Wildman–Crippen MR) is 102 cm³/mol. The lowest BCUT2D eigenvalue weighted by Gasteiger charge is -2.17. The van der Waals surface area contributed by atoms with Gasteiger partial charge in [0.1, 0.15) is 0 Å². The van der Waals surface area contributed by atoms with E-state index < -0.39 is 11.9 Å². The predicted octanol–water partition coefficient (Wildman–Crippen LogP) is 2.38. The molecule has 1 amide bonds. The van der Waals surface area contributed by atoms with Crippen LogP contribution in [0.5, 0.6) is 0 Å². The zero-order chi connectivity index (χ0) is 19.6. The molecule has 0 spiro atoms. The number of aliphatic carboxylic acids is 1. The zero-order valence-electron chi connectivity index (χ0n) is 15.7. The first-order valence-electron chi connectivity index (χ1n) is 9.46. The number of unbranched alkanes of at least 4 members (excludes halogenated alkanes) is 2. The summed E-state index contributed by atoms with van der Waals surface area (Å²) < 4.78 is 1.37. The number of nitrogens with zero attached hydrogens (tertiary/aromatic N) is 3. The summed E-state index contributed by atoms with van der Waals surface area (Å²) in [5.41, 5.74) is 0.0244. The number of carboxylic acids is 1. The minimum Gasteiger partial charge on any atom is -0.481 e. The van der Waals surface area contributed by atoms with Crippen LogP contribution in [0.4, 0.5) is 0 Å². The van der Waals surface area contributed by atoms with Crippen molar-refractivity contribution in [3.8, 4) is 0 Å². The summed E-state index contributed by atoms with van der Waals surface area (Å²) in [6.07, 6.45) is 2.82. The highest BCUT2D eigenvalue weighted by Crippen LogP contribution is 2.25. The molecule has 0 bridgehead atoms. The molecule has 27 heavy (non-hydrogen) atoms. The van der Waals surface area contributed by atoms with Crippen molar-refractivity contribution in [2.75, 3.05) is 13.1 Å². The van der Waals surface area contributed by atoms with E-state index in [9.17, 15) is 19.5 Å². The molecule has 0 unspecified atom stereocenters. The Morgan fingerprint density at radius 3 is 2.52 bits per heavy atom. The number of carbonyl (C=O) groups is 2. The lowest BCUT2D eigenvalue weighted by molar-refractivity contribution is -0.142. The van der Waals surface area contributed by atoms with Gasteiger partial charge in [-0.2, -0.15) is 5.10 Å². The van der Waals surface area contributed by atoms with E-state index in [1.165, 1.54) is 4.68 Å². The van der Waals surface area contributed by atoms with E-state index in [0.29, 0.717) is 23.9 Å². The topological polar surface area (TPSA) is 92.5 Å². The van der Waals surface area contributed by atoms with Crippen LogP contribution < -0.4 is 5.56 Å². The first kappa shape index (κ1) is 19.1. The number of carbonyl (C=O) groups excluding carboxylic acids is 1. The van der Waals surface area contributed by atoms with Crippen molar-refractivity contribution < 1.29 is 14.7 Å². The second kappa shape index (κ2) is 7.90. The third kappa shape index (κ3) is 3.72. The van der Waals surface area contributed by atoms with Crippen LogP contribution in [0.25, 0.3) is 10.8 Å². The molecule has 1 aromatic carbocycles. The highest BCUT2D eigenvalue weighted by Gasteiger charge is 2.38. The van der Waals surface area contributed by atoms with Gasteiger partial charge in [-0.05, 0) is 18.4 Å². The van der Waals surface area contributed by atoms with Gasteiger partial charge in [-0.3, -0.25) is 14.4 Å². The number of hydrogen-bond acceptors (Lipinski definition) is 4. The molecule has 1 aliphatic rings. The van der Waals surface area contributed by atoms with Crippen LogP contribution in [0.15, 0.2) is 29.1 Å². The molecular formula is C20H25N3O4. The van der Waals surface area contributed by atoms with Gasteiger partial charge >= 0.3 is 5.97 Å². The number of aryl methyl sites for hydroxylation is 1. The molecule has 3 rings (SSSR count). The molecule has 2 atom stereocenters. The smallest absolute Gasteiger partial charge is 0.308 e. The van der Waals surface area contributed by atoms with Crippen molar-refractivity contribution in [2.24, 2.45) is 11.8 Å². The lowest BCUT2D eigenvalue weighted by Crippen LogP contribution is -2.34. The Balaban J connectivity index is 2.00. The fourth-order valence-electron chi connectivity index (χ4n) is 3.66. The summed E-state index contributed by atoms with van der Waals surface area (Å²) in [4.78, 5) is 38.7. The van der Waals surface area contributed by atoms with Crippen molar-refractivity contribution in [3.63, 3.8) is 0 Å². The van der Waals surface area contributed by atoms with E-state index in [2.05, 4.69) is 12.0 Å². The van der Waals surface area contributed by atoms with E-state index in [-0.39, 0.29) is 29.6 Å². The van der Waals surface area contributed by atoms with Crippen molar-refractivity contribution in [2.45, 2.75) is 39.7 Å². The maximum absolute atomic E-state index is 13.1. The number of carboxylic acid groups (broad SMARTS) is 1. The lowest BCUT2D eigenvalue weighted by atomic mass is 9.99. The maximum Gasteiger partial charge on any atom is 0.308 e. The molecule has 2 heterocycles. The van der Waals surface area contributed by atoms with Gasteiger partial charge in [-0.15, -0.1) is 0 Å². The first-order chi connectivity index (χ1) is 12.9. The largest absolute Gasteiger partial charge is 0.481 e. The molecule has 0 saturated carbocycles. The van der Waals surface area contributed by atoms with Gasteiger partial charge in [-0.1, -0.05) is 44.9 Å². The SMILES string of the molecule is CCCCCn1nc(C(=O)N2C[C@@H](C)[C@H](C(=O)O)C2)c2ccccc2c1=O. The first-order valence-corrected chi connectivity index (χ1v) is 9.46. The van der Waals surface area contributed by atoms with E-state index in [0.717, 1.165) is 19.3 Å². The Bertz CT molecular complexity index is 921. The monoisotopic (exact) mass is 371 g/mol. The highest BCUT2D eigenvalue weighted by atomic mass is 16.4. The second-order valence-corrected chi connectivity index (χ2v) is 7.26. The molecule has 2 aromatic rings. The average molecular weight is 371 g/mol. The molecule has 144 valence electrons.